The van der Waals surface area contributed by atoms with Gasteiger partial charge in [0.25, 0.3) is 0 Å². The van der Waals surface area contributed by atoms with Crippen LogP contribution in [0.15, 0.2) is 48.7 Å². The summed E-state index contributed by atoms with van der Waals surface area (Å²) in [6.45, 7) is 1.59. The van der Waals surface area contributed by atoms with E-state index in [1.54, 1.807) is 10.7 Å². The minimum Gasteiger partial charge on any atom is -0.476 e. The second-order valence-corrected chi connectivity index (χ2v) is 6.98. The van der Waals surface area contributed by atoms with Crippen LogP contribution in [0.4, 0.5) is 5.82 Å². The number of carboxylic acid groups (broad SMARTS) is 1. The standard InChI is InChI=1S/C20H20N6O4/c27-19(30-13-14-4-2-1-3-5-14)10-15-6-7-18(23-21-15)25-9-8-16(11-25)26-12-17(20(28)29)22-24-26/h1-7,12,16H,8-11,13H2,(H,28,29). The number of aromatic carboxylic acids is 1. The van der Waals surface area contributed by atoms with Crippen molar-refractivity contribution in [1.82, 2.24) is 25.2 Å². The van der Waals surface area contributed by atoms with E-state index in [9.17, 15) is 9.59 Å². The van der Waals surface area contributed by atoms with Gasteiger partial charge in [-0.05, 0) is 24.1 Å². The van der Waals surface area contributed by atoms with Gasteiger partial charge in [-0.2, -0.15) is 5.10 Å². The van der Waals surface area contributed by atoms with Gasteiger partial charge in [0.15, 0.2) is 11.5 Å². The molecule has 3 heterocycles. The summed E-state index contributed by atoms with van der Waals surface area (Å²) in [5.74, 6) is -0.764. The minimum absolute atomic E-state index is 0.0139. The zero-order chi connectivity index (χ0) is 20.9. The van der Waals surface area contributed by atoms with Crippen LogP contribution in [0.25, 0.3) is 0 Å². The lowest BCUT2D eigenvalue weighted by atomic mass is 10.2. The van der Waals surface area contributed by atoms with Gasteiger partial charge in [0.05, 0.1) is 24.4 Å². The van der Waals surface area contributed by atoms with E-state index in [0.717, 1.165) is 18.5 Å². The van der Waals surface area contributed by atoms with Crippen molar-refractivity contribution in [1.29, 1.82) is 0 Å². The summed E-state index contributed by atoms with van der Waals surface area (Å²) in [7, 11) is 0. The van der Waals surface area contributed by atoms with E-state index < -0.39 is 5.97 Å². The highest BCUT2D eigenvalue weighted by molar-refractivity contribution is 5.84. The molecule has 4 rings (SSSR count). The molecule has 1 saturated heterocycles. The molecule has 1 fully saturated rings. The van der Waals surface area contributed by atoms with Crippen molar-refractivity contribution in [3.05, 3.63) is 65.6 Å². The number of ether oxygens (including phenoxy) is 1. The first kappa shape index (κ1) is 19.5. The third-order valence-electron chi connectivity index (χ3n) is 4.86. The quantitative estimate of drug-likeness (QED) is 0.579. The van der Waals surface area contributed by atoms with Crippen LogP contribution in [0.1, 0.15) is 34.2 Å². The third kappa shape index (κ3) is 4.59. The van der Waals surface area contributed by atoms with Crippen LogP contribution >= 0.6 is 0 Å². The van der Waals surface area contributed by atoms with E-state index in [0.29, 0.717) is 18.1 Å². The van der Waals surface area contributed by atoms with Crippen molar-refractivity contribution >= 4 is 17.8 Å². The number of benzene rings is 1. The Bertz CT molecular complexity index is 1020. The van der Waals surface area contributed by atoms with Crippen LogP contribution in [0.3, 0.4) is 0 Å². The number of nitrogens with zero attached hydrogens (tertiary/aromatic N) is 6. The number of carbonyl (C=O) groups is 2. The Morgan fingerprint density at radius 1 is 1.10 bits per heavy atom. The zero-order valence-corrected chi connectivity index (χ0v) is 16.1. The molecule has 10 nitrogen and oxygen atoms in total. The summed E-state index contributed by atoms with van der Waals surface area (Å²) in [6.07, 6.45) is 2.28. The van der Waals surface area contributed by atoms with E-state index >= 15 is 0 Å². The van der Waals surface area contributed by atoms with Gasteiger partial charge in [-0.1, -0.05) is 35.5 Å². The van der Waals surface area contributed by atoms with Gasteiger partial charge in [-0.15, -0.1) is 10.2 Å². The predicted molar refractivity (Wildman–Crippen MR) is 105 cm³/mol. The predicted octanol–water partition coefficient (Wildman–Crippen LogP) is 1.50. The number of aromatic nitrogens is 5. The van der Waals surface area contributed by atoms with Crippen molar-refractivity contribution < 1.29 is 19.4 Å². The number of esters is 1. The van der Waals surface area contributed by atoms with Gasteiger partial charge in [-0.3, -0.25) is 4.79 Å². The molecule has 1 aliphatic heterocycles. The van der Waals surface area contributed by atoms with Crippen molar-refractivity contribution in [3.63, 3.8) is 0 Å². The second kappa shape index (κ2) is 8.68. The van der Waals surface area contributed by atoms with Crippen LogP contribution in [0, 0.1) is 0 Å². The average Bonchev–Trinajstić information content (AvgIpc) is 3.43. The van der Waals surface area contributed by atoms with Gasteiger partial charge in [-0.25, -0.2) is 9.48 Å². The normalized spacial score (nSPS) is 15.9. The molecule has 0 bridgehead atoms. The summed E-state index contributed by atoms with van der Waals surface area (Å²) in [6, 6.07) is 13.1. The monoisotopic (exact) mass is 408 g/mol. The Hall–Kier alpha value is -3.82. The first-order valence-electron chi connectivity index (χ1n) is 9.51. The molecule has 3 aromatic rings. The Morgan fingerprint density at radius 2 is 1.93 bits per heavy atom. The molecular weight excluding hydrogens is 388 g/mol. The summed E-state index contributed by atoms with van der Waals surface area (Å²) in [5, 5.41) is 24.9. The first-order valence-corrected chi connectivity index (χ1v) is 9.51. The van der Waals surface area contributed by atoms with Crippen molar-refractivity contribution in [2.75, 3.05) is 18.0 Å². The molecule has 0 amide bonds. The minimum atomic E-state index is -1.10. The number of carboxylic acids is 1. The molecule has 30 heavy (non-hydrogen) atoms. The number of hydrogen-bond donors (Lipinski definition) is 1. The molecule has 10 heteroatoms. The Labute approximate surface area is 172 Å². The van der Waals surface area contributed by atoms with Crippen LogP contribution in [-0.2, 0) is 22.6 Å². The van der Waals surface area contributed by atoms with E-state index in [2.05, 4.69) is 20.5 Å². The maximum atomic E-state index is 12.0. The lowest BCUT2D eigenvalue weighted by molar-refractivity contribution is -0.144. The summed E-state index contributed by atoms with van der Waals surface area (Å²) in [5.41, 5.74) is 1.39. The van der Waals surface area contributed by atoms with E-state index in [-0.39, 0.29) is 30.7 Å². The van der Waals surface area contributed by atoms with Gasteiger partial charge in [0.2, 0.25) is 0 Å². The molecular formula is C20H20N6O4. The topological polar surface area (TPSA) is 123 Å². The van der Waals surface area contributed by atoms with Gasteiger partial charge < -0.3 is 14.7 Å². The fraction of sp³-hybridized carbons (Fsp3) is 0.300. The highest BCUT2D eigenvalue weighted by atomic mass is 16.5. The van der Waals surface area contributed by atoms with Crippen molar-refractivity contribution in [2.45, 2.75) is 25.5 Å². The Balaban J connectivity index is 1.30. The van der Waals surface area contributed by atoms with Gasteiger partial charge >= 0.3 is 11.9 Å². The maximum Gasteiger partial charge on any atom is 0.358 e. The fourth-order valence-electron chi connectivity index (χ4n) is 3.27. The number of anilines is 1. The molecule has 1 N–H and O–H groups in total. The molecule has 154 valence electrons. The van der Waals surface area contributed by atoms with Crippen LogP contribution in [0.5, 0.6) is 0 Å². The highest BCUT2D eigenvalue weighted by Crippen LogP contribution is 2.25. The third-order valence-corrected chi connectivity index (χ3v) is 4.86. The lowest BCUT2D eigenvalue weighted by Gasteiger charge is -2.16. The van der Waals surface area contributed by atoms with E-state index in [1.807, 2.05) is 41.3 Å². The molecule has 1 aromatic carbocycles. The number of rotatable bonds is 7. The van der Waals surface area contributed by atoms with Gasteiger partial charge in [0.1, 0.15) is 6.61 Å². The molecule has 0 spiro atoms. The maximum absolute atomic E-state index is 12.0. The fourth-order valence-corrected chi connectivity index (χ4v) is 3.27. The summed E-state index contributed by atoms with van der Waals surface area (Å²) in [4.78, 5) is 25.0. The molecule has 1 aliphatic rings. The number of carbonyl (C=O) groups excluding carboxylic acids is 1. The SMILES string of the molecule is O=C(Cc1ccc(N2CCC(n3cc(C(=O)O)nn3)C2)nn1)OCc1ccccc1. The zero-order valence-electron chi connectivity index (χ0n) is 16.1. The van der Waals surface area contributed by atoms with Crippen molar-refractivity contribution in [3.8, 4) is 0 Å². The smallest absolute Gasteiger partial charge is 0.358 e. The molecule has 0 radical (unpaired) electrons. The van der Waals surface area contributed by atoms with Crippen LogP contribution in [-0.4, -0.2) is 55.3 Å². The average molecular weight is 408 g/mol. The van der Waals surface area contributed by atoms with Crippen molar-refractivity contribution in [2.24, 2.45) is 0 Å². The molecule has 1 unspecified atom stereocenters. The second-order valence-electron chi connectivity index (χ2n) is 6.98. The largest absolute Gasteiger partial charge is 0.476 e. The number of hydrogen-bond acceptors (Lipinski definition) is 8. The summed E-state index contributed by atoms with van der Waals surface area (Å²) >= 11 is 0. The Morgan fingerprint density at radius 3 is 2.63 bits per heavy atom. The molecule has 2 aromatic heterocycles. The van der Waals surface area contributed by atoms with E-state index in [4.69, 9.17) is 9.84 Å². The Kier molecular flexibility index (Phi) is 5.64. The van der Waals surface area contributed by atoms with E-state index in [1.165, 1.54) is 6.20 Å². The van der Waals surface area contributed by atoms with Gasteiger partial charge in [0, 0.05) is 13.1 Å². The molecule has 0 aliphatic carbocycles. The summed E-state index contributed by atoms with van der Waals surface area (Å²) < 4.78 is 6.85. The first-order chi connectivity index (χ1) is 14.6. The molecule has 1 atom stereocenters. The lowest BCUT2D eigenvalue weighted by Crippen LogP contribution is -2.22. The van der Waals surface area contributed by atoms with Crippen LogP contribution in [0.2, 0.25) is 0 Å². The highest BCUT2D eigenvalue weighted by Gasteiger charge is 2.27. The molecule has 0 saturated carbocycles. The van der Waals surface area contributed by atoms with Crippen LogP contribution < -0.4 is 4.90 Å².